The van der Waals surface area contributed by atoms with Crippen molar-refractivity contribution in [1.82, 2.24) is 15.4 Å². The second kappa shape index (κ2) is 9.33. The van der Waals surface area contributed by atoms with E-state index in [-0.39, 0.29) is 12.5 Å². The summed E-state index contributed by atoms with van der Waals surface area (Å²) in [7, 11) is 0. The van der Waals surface area contributed by atoms with E-state index in [9.17, 15) is 4.79 Å². The highest BCUT2D eigenvalue weighted by molar-refractivity contribution is 6.07. The van der Waals surface area contributed by atoms with Gasteiger partial charge in [-0.15, -0.1) is 6.42 Å². The van der Waals surface area contributed by atoms with Gasteiger partial charge in [-0.2, -0.15) is 5.10 Å². The van der Waals surface area contributed by atoms with Crippen molar-refractivity contribution in [2.24, 2.45) is 5.10 Å². The molecule has 0 aliphatic carbocycles. The number of rotatable bonds is 6. The minimum atomic E-state index is -0.345. The van der Waals surface area contributed by atoms with E-state index in [4.69, 9.17) is 11.2 Å². The lowest BCUT2D eigenvalue weighted by atomic mass is 10.0. The van der Waals surface area contributed by atoms with Crippen LogP contribution >= 0.6 is 0 Å². The Kier molecular flexibility index (Phi) is 5.96. The van der Waals surface area contributed by atoms with Crippen molar-refractivity contribution in [2.75, 3.05) is 6.61 Å². The van der Waals surface area contributed by atoms with Crippen LogP contribution in [-0.2, 0) is 0 Å². The molecule has 0 spiro atoms. The zero-order valence-electron chi connectivity index (χ0n) is 16.5. The molecule has 0 radical (unpaired) electrons. The smallest absolute Gasteiger partial charge is 0.272 e. The average Bonchev–Trinajstić information content (AvgIpc) is 2.83. The monoisotopic (exact) mass is 406 g/mol. The van der Waals surface area contributed by atoms with Crippen LogP contribution in [0.25, 0.3) is 22.2 Å². The molecule has 6 heteroatoms. The van der Waals surface area contributed by atoms with Crippen LogP contribution in [0.5, 0.6) is 5.75 Å². The highest BCUT2D eigenvalue weighted by Gasteiger charge is 2.13. The summed E-state index contributed by atoms with van der Waals surface area (Å²) in [6, 6.07) is 20.3. The highest BCUT2D eigenvalue weighted by atomic mass is 16.5. The fourth-order valence-electron chi connectivity index (χ4n) is 3.08. The van der Waals surface area contributed by atoms with Crippen molar-refractivity contribution in [1.29, 1.82) is 0 Å². The summed E-state index contributed by atoms with van der Waals surface area (Å²) in [4.78, 5) is 21.8. The Morgan fingerprint density at radius 1 is 1.13 bits per heavy atom. The number of nitrogens with one attached hydrogen (secondary N) is 1. The standard InChI is InChI=1S/C25H18N4O2/c1-2-14-31-24-12-6-3-8-19(24)17-27-29-25(30)21-15-23(18-9-7-13-26-16-18)28-22-11-5-4-10-20(21)22/h1,3-13,15-17H,14H2,(H,29,30)/b27-17-. The number of benzene rings is 2. The van der Waals surface area contributed by atoms with Crippen LogP contribution in [0.15, 0.2) is 84.2 Å². The van der Waals surface area contributed by atoms with Crippen molar-refractivity contribution >= 4 is 23.0 Å². The Labute approximate surface area is 179 Å². The van der Waals surface area contributed by atoms with Crippen molar-refractivity contribution in [2.45, 2.75) is 0 Å². The number of aromatic nitrogens is 2. The van der Waals surface area contributed by atoms with Crippen molar-refractivity contribution < 1.29 is 9.53 Å². The molecule has 1 N–H and O–H groups in total. The van der Waals surface area contributed by atoms with E-state index in [1.54, 1.807) is 24.5 Å². The number of hydrogen-bond donors (Lipinski definition) is 1. The molecule has 0 aliphatic heterocycles. The lowest BCUT2D eigenvalue weighted by Gasteiger charge is -2.09. The summed E-state index contributed by atoms with van der Waals surface area (Å²) in [6.07, 6.45) is 10.2. The summed E-state index contributed by atoms with van der Waals surface area (Å²) in [5, 5.41) is 4.84. The molecule has 0 atom stereocenters. The fourth-order valence-corrected chi connectivity index (χ4v) is 3.08. The first-order valence-electron chi connectivity index (χ1n) is 9.55. The summed E-state index contributed by atoms with van der Waals surface area (Å²) in [5.74, 6) is 2.67. The zero-order valence-corrected chi connectivity index (χ0v) is 16.5. The van der Waals surface area contributed by atoms with Gasteiger partial charge in [0, 0.05) is 28.9 Å². The van der Waals surface area contributed by atoms with E-state index in [1.165, 1.54) is 6.21 Å². The minimum absolute atomic E-state index is 0.150. The first-order chi connectivity index (χ1) is 15.3. The lowest BCUT2D eigenvalue weighted by molar-refractivity contribution is 0.0956. The van der Waals surface area contributed by atoms with Gasteiger partial charge in [-0.1, -0.05) is 36.3 Å². The summed E-state index contributed by atoms with van der Waals surface area (Å²) in [6.45, 7) is 0.150. The number of carbonyl (C=O) groups excluding carboxylic acids is 1. The number of hydrogen-bond acceptors (Lipinski definition) is 5. The van der Waals surface area contributed by atoms with Gasteiger partial charge in [0.05, 0.1) is 23.0 Å². The molecule has 150 valence electrons. The minimum Gasteiger partial charge on any atom is -0.480 e. The Bertz CT molecular complexity index is 1290. The predicted octanol–water partition coefficient (Wildman–Crippen LogP) is 4.07. The molecular formula is C25H18N4O2. The molecule has 0 bridgehead atoms. The molecule has 4 aromatic rings. The number of carbonyl (C=O) groups is 1. The number of hydrazone groups is 1. The third-order valence-electron chi connectivity index (χ3n) is 4.52. The van der Waals surface area contributed by atoms with Gasteiger partial charge in [-0.25, -0.2) is 10.4 Å². The van der Waals surface area contributed by atoms with Crippen LogP contribution in [0.3, 0.4) is 0 Å². The van der Waals surface area contributed by atoms with Crippen molar-refractivity contribution in [3.8, 4) is 29.4 Å². The van der Waals surface area contributed by atoms with Crippen LogP contribution in [0.2, 0.25) is 0 Å². The maximum Gasteiger partial charge on any atom is 0.272 e. The molecular weight excluding hydrogens is 388 g/mol. The Balaban J connectivity index is 1.63. The van der Waals surface area contributed by atoms with E-state index in [2.05, 4.69) is 26.4 Å². The van der Waals surface area contributed by atoms with Crippen LogP contribution in [0.1, 0.15) is 15.9 Å². The molecule has 1 amide bonds. The molecule has 31 heavy (non-hydrogen) atoms. The van der Waals surface area contributed by atoms with Crippen LogP contribution in [-0.4, -0.2) is 28.7 Å². The SMILES string of the molecule is C#CCOc1ccccc1/C=N\NC(=O)c1cc(-c2cccnc2)nc2ccccc12. The number of nitrogens with zero attached hydrogens (tertiary/aromatic N) is 3. The number of para-hydroxylation sites is 2. The van der Waals surface area contributed by atoms with E-state index in [0.29, 0.717) is 28.1 Å². The molecule has 2 aromatic heterocycles. The van der Waals surface area contributed by atoms with Crippen LogP contribution in [0.4, 0.5) is 0 Å². The maximum atomic E-state index is 13.0. The number of ether oxygens (including phenoxy) is 1. The Hall–Kier alpha value is -4.50. The number of pyridine rings is 2. The number of fused-ring (bicyclic) bond motifs is 1. The molecule has 0 saturated heterocycles. The quantitative estimate of drug-likeness (QED) is 0.297. The molecule has 2 aromatic carbocycles. The summed E-state index contributed by atoms with van der Waals surface area (Å²) < 4.78 is 5.50. The summed E-state index contributed by atoms with van der Waals surface area (Å²) in [5.41, 5.74) is 5.97. The largest absolute Gasteiger partial charge is 0.480 e. The lowest BCUT2D eigenvalue weighted by Crippen LogP contribution is -2.18. The van der Waals surface area contributed by atoms with Gasteiger partial charge in [0.25, 0.3) is 5.91 Å². The van der Waals surface area contributed by atoms with Gasteiger partial charge >= 0.3 is 0 Å². The van der Waals surface area contributed by atoms with E-state index < -0.39 is 0 Å². The average molecular weight is 406 g/mol. The van der Waals surface area contributed by atoms with Crippen LogP contribution < -0.4 is 10.2 Å². The van der Waals surface area contributed by atoms with E-state index in [0.717, 1.165) is 10.9 Å². The molecule has 0 aliphatic rings. The molecule has 0 fully saturated rings. The molecule has 0 unspecified atom stereocenters. The Morgan fingerprint density at radius 3 is 2.81 bits per heavy atom. The third kappa shape index (κ3) is 4.57. The molecule has 4 rings (SSSR count). The molecule has 6 nitrogen and oxygen atoms in total. The number of terminal acetylenes is 1. The van der Waals surface area contributed by atoms with Crippen molar-refractivity contribution in [3.05, 3.63) is 90.3 Å². The molecule has 2 heterocycles. The predicted molar refractivity (Wildman–Crippen MR) is 121 cm³/mol. The first-order valence-corrected chi connectivity index (χ1v) is 9.55. The topological polar surface area (TPSA) is 76.5 Å². The van der Waals surface area contributed by atoms with Gasteiger partial charge in [-0.05, 0) is 36.4 Å². The van der Waals surface area contributed by atoms with Gasteiger partial charge in [0.1, 0.15) is 12.4 Å². The Morgan fingerprint density at radius 2 is 1.97 bits per heavy atom. The maximum absolute atomic E-state index is 13.0. The zero-order chi connectivity index (χ0) is 21.5. The third-order valence-corrected chi connectivity index (χ3v) is 4.52. The summed E-state index contributed by atoms with van der Waals surface area (Å²) >= 11 is 0. The van der Waals surface area contributed by atoms with Crippen molar-refractivity contribution in [3.63, 3.8) is 0 Å². The first kappa shape index (κ1) is 19.8. The fraction of sp³-hybridized carbons (Fsp3) is 0.0400. The van der Waals surface area contributed by atoms with Gasteiger partial charge < -0.3 is 4.74 Å². The van der Waals surface area contributed by atoms with Crippen LogP contribution in [0, 0.1) is 12.3 Å². The van der Waals surface area contributed by atoms with E-state index in [1.807, 2.05) is 54.6 Å². The number of amides is 1. The van der Waals surface area contributed by atoms with E-state index >= 15 is 0 Å². The van der Waals surface area contributed by atoms with Gasteiger partial charge in [0.15, 0.2) is 0 Å². The highest BCUT2D eigenvalue weighted by Crippen LogP contribution is 2.24. The molecule has 0 saturated carbocycles. The van der Waals surface area contributed by atoms with Gasteiger partial charge in [-0.3, -0.25) is 9.78 Å². The van der Waals surface area contributed by atoms with Gasteiger partial charge in [0.2, 0.25) is 0 Å². The normalized spacial score (nSPS) is 10.7. The second-order valence-electron chi connectivity index (χ2n) is 6.54. The second-order valence-corrected chi connectivity index (χ2v) is 6.54.